The van der Waals surface area contributed by atoms with Gasteiger partial charge < -0.3 is 5.73 Å². The van der Waals surface area contributed by atoms with E-state index in [1.807, 2.05) is 18.2 Å². The van der Waals surface area contributed by atoms with Gasteiger partial charge in [-0.3, -0.25) is 10.3 Å². The van der Waals surface area contributed by atoms with Gasteiger partial charge in [-0.1, -0.05) is 18.2 Å². The highest BCUT2D eigenvalue weighted by Crippen LogP contribution is 2.49. The first-order valence-corrected chi connectivity index (χ1v) is 6.37. The number of nitrogens with one attached hydrogen (secondary N) is 1. The summed E-state index contributed by atoms with van der Waals surface area (Å²) in [5.41, 5.74) is 5.93. The van der Waals surface area contributed by atoms with Gasteiger partial charge >= 0.3 is 6.18 Å². The van der Waals surface area contributed by atoms with Crippen molar-refractivity contribution in [3.05, 3.63) is 36.0 Å². The Morgan fingerprint density at radius 2 is 1.95 bits per heavy atom. The second-order valence-electron chi connectivity index (χ2n) is 5.15. The Hall–Kier alpha value is -1.82. The van der Waals surface area contributed by atoms with E-state index in [4.69, 9.17) is 5.73 Å². The Bertz CT molecular complexity index is 648. The summed E-state index contributed by atoms with van der Waals surface area (Å²) in [7, 11) is 0. The first-order chi connectivity index (χ1) is 9.41. The molecule has 1 saturated carbocycles. The predicted octanol–water partition coefficient (Wildman–Crippen LogP) is 3.00. The molecule has 1 fully saturated rings. The van der Waals surface area contributed by atoms with Crippen LogP contribution in [0.25, 0.3) is 10.9 Å². The summed E-state index contributed by atoms with van der Waals surface area (Å²) in [6.07, 6.45) is -3.96. The van der Waals surface area contributed by atoms with Crippen molar-refractivity contribution in [1.82, 2.24) is 10.3 Å². The molecule has 0 unspecified atom stereocenters. The fourth-order valence-corrected chi connectivity index (χ4v) is 2.30. The SMILES string of the molecule is Nc1cc(CNC2(C(F)(F)F)CC2)nc2ccccc12. The average molecular weight is 281 g/mol. The molecular formula is C14H14F3N3. The fourth-order valence-electron chi connectivity index (χ4n) is 2.30. The van der Waals surface area contributed by atoms with Crippen molar-refractivity contribution in [3.8, 4) is 0 Å². The molecule has 2 aromatic rings. The number of hydrogen-bond acceptors (Lipinski definition) is 3. The van der Waals surface area contributed by atoms with E-state index in [-0.39, 0.29) is 19.4 Å². The summed E-state index contributed by atoms with van der Waals surface area (Å²) in [6, 6.07) is 8.94. The lowest BCUT2D eigenvalue weighted by molar-refractivity contribution is -0.166. The third-order valence-electron chi connectivity index (χ3n) is 3.70. The molecule has 0 bridgehead atoms. The zero-order valence-electron chi connectivity index (χ0n) is 10.7. The second-order valence-corrected chi connectivity index (χ2v) is 5.15. The van der Waals surface area contributed by atoms with Crippen LogP contribution >= 0.6 is 0 Å². The van der Waals surface area contributed by atoms with Crippen molar-refractivity contribution in [2.24, 2.45) is 0 Å². The summed E-state index contributed by atoms with van der Waals surface area (Å²) in [4.78, 5) is 4.34. The summed E-state index contributed by atoms with van der Waals surface area (Å²) < 4.78 is 38.5. The van der Waals surface area contributed by atoms with Crippen molar-refractivity contribution in [2.45, 2.75) is 31.1 Å². The maximum absolute atomic E-state index is 12.8. The van der Waals surface area contributed by atoms with Gasteiger partial charge in [0.2, 0.25) is 0 Å². The topological polar surface area (TPSA) is 50.9 Å². The maximum Gasteiger partial charge on any atom is 0.406 e. The van der Waals surface area contributed by atoms with E-state index in [0.29, 0.717) is 16.9 Å². The first-order valence-electron chi connectivity index (χ1n) is 6.37. The van der Waals surface area contributed by atoms with Gasteiger partial charge in [-0.15, -0.1) is 0 Å². The molecule has 1 heterocycles. The molecule has 1 aromatic carbocycles. The molecule has 0 atom stereocenters. The number of nitrogens with two attached hydrogens (primary N) is 1. The van der Waals surface area contributed by atoms with Gasteiger partial charge in [-0.05, 0) is 25.0 Å². The quantitative estimate of drug-likeness (QED) is 0.909. The van der Waals surface area contributed by atoms with E-state index in [1.165, 1.54) is 0 Å². The number of anilines is 1. The number of fused-ring (bicyclic) bond motifs is 1. The third-order valence-corrected chi connectivity index (χ3v) is 3.70. The Kier molecular flexibility index (Phi) is 2.86. The smallest absolute Gasteiger partial charge is 0.398 e. The molecule has 3 N–H and O–H groups in total. The number of rotatable bonds is 3. The van der Waals surface area contributed by atoms with Gasteiger partial charge in [-0.25, -0.2) is 0 Å². The van der Waals surface area contributed by atoms with Crippen molar-refractivity contribution >= 4 is 16.6 Å². The van der Waals surface area contributed by atoms with E-state index in [1.54, 1.807) is 12.1 Å². The van der Waals surface area contributed by atoms with Crippen LogP contribution in [-0.2, 0) is 6.54 Å². The number of pyridine rings is 1. The van der Waals surface area contributed by atoms with Crippen LogP contribution in [0.1, 0.15) is 18.5 Å². The molecule has 0 radical (unpaired) electrons. The van der Waals surface area contributed by atoms with Crippen molar-refractivity contribution in [1.29, 1.82) is 0 Å². The molecule has 6 heteroatoms. The number of halogens is 3. The minimum absolute atomic E-state index is 0.0640. The first kappa shape index (κ1) is 13.2. The van der Waals surface area contributed by atoms with Gasteiger partial charge in [-0.2, -0.15) is 13.2 Å². The van der Waals surface area contributed by atoms with Gasteiger partial charge in [0.15, 0.2) is 0 Å². The summed E-state index contributed by atoms with van der Waals surface area (Å²) in [6.45, 7) is 0.0640. The van der Waals surface area contributed by atoms with Crippen LogP contribution in [0.15, 0.2) is 30.3 Å². The van der Waals surface area contributed by atoms with E-state index in [0.717, 1.165) is 5.39 Å². The molecule has 3 nitrogen and oxygen atoms in total. The average Bonchev–Trinajstić information content (AvgIpc) is 3.17. The number of alkyl halides is 3. The number of nitrogen functional groups attached to an aromatic ring is 1. The van der Waals surface area contributed by atoms with Gasteiger partial charge in [0, 0.05) is 17.6 Å². The van der Waals surface area contributed by atoms with E-state index in [9.17, 15) is 13.2 Å². The highest BCUT2D eigenvalue weighted by atomic mass is 19.4. The van der Waals surface area contributed by atoms with Crippen LogP contribution in [0.5, 0.6) is 0 Å². The van der Waals surface area contributed by atoms with E-state index >= 15 is 0 Å². The lowest BCUT2D eigenvalue weighted by atomic mass is 10.1. The summed E-state index contributed by atoms with van der Waals surface area (Å²) in [5, 5.41) is 3.39. The molecule has 0 aliphatic heterocycles. The van der Waals surface area contributed by atoms with Gasteiger partial charge in [0.25, 0.3) is 0 Å². The van der Waals surface area contributed by atoms with Crippen LogP contribution in [0.2, 0.25) is 0 Å². The zero-order chi connectivity index (χ0) is 14.4. The van der Waals surface area contributed by atoms with Gasteiger partial charge in [0.1, 0.15) is 5.54 Å². The van der Waals surface area contributed by atoms with Crippen LogP contribution in [0.4, 0.5) is 18.9 Å². The number of nitrogens with zero attached hydrogens (tertiary/aromatic N) is 1. The van der Waals surface area contributed by atoms with Crippen LogP contribution in [0.3, 0.4) is 0 Å². The van der Waals surface area contributed by atoms with Crippen LogP contribution in [0, 0.1) is 0 Å². The highest BCUT2D eigenvalue weighted by Gasteiger charge is 2.62. The Morgan fingerprint density at radius 1 is 1.25 bits per heavy atom. The normalized spacial score (nSPS) is 17.4. The molecule has 0 saturated heterocycles. The Labute approximate surface area is 114 Å². The minimum atomic E-state index is -4.21. The summed E-state index contributed by atoms with van der Waals surface area (Å²) >= 11 is 0. The Morgan fingerprint density at radius 3 is 2.60 bits per heavy atom. The molecular weight excluding hydrogens is 267 g/mol. The lowest BCUT2D eigenvalue weighted by Crippen LogP contribution is -2.44. The molecule has 0 spiro atoms. The Balaban J connectivity index is 1.82. The van der Waals surface area contributed by atoms with Gasteiger partial charge in [0.05, 0.1) is 11.2 Å². The number of hydrogen-bond donors (Lipinski definition) is 2. The molecule has 1 aliphatic carbocycles. The molecule has 106 valence electrons. The largest absolute Gasteiger partial charge is 0.406 e. The molecule has 1 aromatic heterocycles. The fraction of sp³-hybridized carbons (Fsp3) is 0.357. The van der Waals surface area contributed by atoms with Crippen LogP contribution < -0.4 is 11.1 Å². The van der Waals surface area contributed by atoms with Crippen molar-refractivity contribution < 1.29 is 13.2 Å². The van der Waals surface area contributed by atoms with E-state index < -0.39 is 11.7 Å². The molecule has 1 aliphatic rings. The highest BCUT2D eigenvalue weighted by molar-refractivity contribution is 5.90. The zero-order valence-corrected chi connectivity index (χ0v) is 10.7. The molecule has 3 rings (SSSR count). The minimum Gasteiger partial charge on any atom is -0.398 e. The van der Waals surface area contributed by atoms with Crippen LogP contribution in [-0.4, -0.2) is 16.7 Å². The number of para-hydroxylation sites is 1. The predicted molar refractivity (Wildman–Crippen MR) is 71.0 cm³/mol. The summed E-state index contributed by atoms with van der Waals surface area (Å²) in [5.74, 6) is 0. The second kappa shape index (κ2) is 4.34. The molecule has 20 heavy (non-hydrogen) atoms. The number of aromatic nitrogens is 1. The molecule has 0 amide bonds. The maximum atomic E-state index is 12.8. The monoisotopic (exact) mass is 281 g/mol. The van der Waals surface area contributed by atoms with E-state index in [2.05, 4.69) is 10.3 Å². The van der Waals surface area contributed by atoms with Crippen molar-refractivity contribution in [2.75, 3.05) is 5.73 Å². The standard InChI is InChI=1S/C14H14F3N3/c15-14(16,17)13(5-6-13)19-8-9-7-11(18)10-3-1-2-4-12(10)20-9/h1-4,7,19H,5-6,8H2,(H2,18,20). The lowest BCUT2D eigenvalue weighted by Gasteiger charge is -2.20. The number of benzene rings is 1. The third kappa shape index (κ3) is 2.20. The van der Waals surface area contributed by atoms with Crippen molar-refractivity contribution in [3.63, 3.8) is 0 Å².